The number of hydrogen-bond acceptors (Lipinski definition) is 8. The van der Waals surface area contributed by atoms with Crippen LogP contribution in [0.15, 0.2) is 42.5 Å². The summed E-state index contributed by atoms with van der Waals surface area (Å²) in [5.74, 6) is -1.39. The van der Waals surface area contributed by atoms with Crippen LogP contribution in [-0.4, -0.2) is 90.8 Å². The van der Waals surface area contributed by atoms with Crippen LogP contribution < -0.4 is 15.0 Å². The number of likely N-dealkylation sites (N-methyl/N-ethyl adjacent to an activating group) is 1. The number of nitrogens with one attached hydrogen (secondary N) is 1. The molecule has 3 aromatic carbocycles. The average Bonchev–Trinajstić information content (AvgIpc) is 3.27. The van der Waals surface area contributed by atoms with E-state index in [1.54, 1.807) is 30.3 Å². The second-order valence-corrected chi connectivity index (χ2v) is 11.1. The number of anilines is 1. The predicted molar refractivity (Wildman–Crippen MR) is 149 cm³/mol. The highest BCUT2D eigenvalue weighted by molar-refractivity contribution is 6.01. The van der Waals surface area contributed by atoms with Gasteiger partial charge in [-0.2, -0.15) is 9.97 Å². The van der Waals surface area contributed by atoms with Crippen molar-refractivity contribution in [3.63, 3.8) is 0 Å². The van der Waals surface area contributed by atoms with Crippen molar-refractivity contribution < 1.29 is 27.8 Å². The number of piperazine rings is 1. The molecule has 3 aliphatic rings. The monoisotopic (exact) mass is 565 g/mol. The van der Waals surface area contributed by atoms with Gasteiger partial charge in [0.1, 0.15) is 35.7 Å². The molecule has 8 nitrogen and oxygen atoms in total. The molecule has 1 aromatic heterocycles. The summed E-state index contributed by atoms with van der Waals surface area (Å²) in [6.07, 6.45) is -0.619. The lowest BCUT2D eigenvalue weighted by molar-refractivity contribution is 0.0523. The van der Waals surface area contributed by atoms with E-state index in [-0.39, 0.29) is 58.5 Å². The van der Waals surface area contributed by atoms with Gasteiger partial charge in [-0.1, -0.05) is 24.3 Å². The van der Waals surface area contributed by atoms with Crippen LogP contribution in [0.1, 0.15) is 6.42 Å². The molecule has 2 N–H and O–H groups in total. The molecule has 214 valence electrons. The number of phenols is 1. The van der Waals surface area contributed by atoms with E-state index < -0.39 is 17.8 Å². The number of rotatable bonds is 5. The highest BCUT2D eigenvalue weighted by Crippen LogP contribution is 2.41. The molecule has 3 aliphatic heterocycles. The van der Waals surface area contributed by atoms with E-state index in [2.05, 4.69) is 20.2 Å². The molecule has 0 radical (unpaired) electrons. The lowest BCUT2D eigenvalue weighted by atomic mass is 9.95. The molecule has 0 unspecified atom stereocenters. The van der Waals surface area contributed by atoms with Crippen molar-refractivity contribution in [1.82, 2.24) is 20.2 Å². The fourth-order valence-corrected chi connectivity index (χ4v) is 6.42. The third-order valence-corrected chi connectivity index (χ3v) is 8.41. The van der Waals surface area contributed by atoms with Gasteiger partial charge in [0.2, 0.25) is 0 Å². The third kappa shape index (κ3) is 4.61. The zero-order chi connectivity index (χ0) is 28.2. The Balaban J connectivity index is 1.40. The van der Waals surface area contributed by atoms with E-state index in [1.807, 2.05) is 11.9 Å². The number of aromatic nitrogens is 2. The second-order valence-electron chi connectivity index (χ2n) is 11.1. The summed E-state index contributed by atoms with van der Waals surface area (Å²) in [6.45, 7) is 2.58. The first-order valence-electron chi connectivity index (χ1n) is 13.8. The third-order valence-electron chi connectivity index (χ3n) is 8.41. The summed E-state index contributed by atoms with van der Waals surface area (Å²) in [7, 11) is 1.83. The van der Waals surface area contributed by atoms with Crippen molar-refractivity contribution in [2.24, 2.45) is 0 Å². The topological polar surface area (TPSA) is 83.0 Å². The maximum Gasteiger partial charge on any atom is 0.319 e. The van der Waals surface area contributed by atoms with Crippen molar-refractivity contribution in [3.8, 4) is 22.9 Å². The number of likely N-dealkylation sites (tertiary alicyclic amines) is 1. The number of phenolic OH excluding ortho intramolecular Hbond substituents is 1. The van der Waals surface area contributed by atoms with Crippen LogP contribution in [0.4, 0.5) is 19.0 Å². The van der Waals surface area contributed by atoms with Crippen molar-refractivity contribution in [1.29, 1.82) is 0 Å². The van der Waals surface area contributed by atoms with Gasteiger partial charge >= 0.3 is 6.01 Å². The van der Waals surface area contributed by atoms with Crippen molar-refractivity contribution in [3.05, 3.63) is 54.1 Å². The number of fused-ring (bicyclic) bond motifs is 4. The van der Waals surface area contributed by atoms with Gasteiger partial charge < -0.3 is 24.8 Å². The summed E-state index contributed by atoms with van der Waals surface area (Å²) in [5, 5.41) is 15.2. The van der Waals surface area contributed by atoms with Crippen LogP contribution >= 0.6 is 0 Å². The van der Waals surface area contributed by atoms with Crippen LogP contribution in [0.5, 0.6) is 11.8 Å². The van der Waals surface area contributed by atoms with Crippen LogP contribution in [0.2, 0.25) is 0 Å². The second kappa shape index (κ2) is 10.3. The molecule has 0 aliphatic carbocycles. The van der Waals surface area contributed by atoms with Gasteiger partial charge in [0.05, 0.1) is 30.9 Å². The van der Waals surface area contributed by atoms with Gasteiger partial charge in [-0.15, -0.1) is 0 Å². The lowest BCUT2D eigenvalue weighted by Gasteiger charge is -2.47. The Labute approximate surface area is 234 Å². The summed E-state index contributed by atoms with van der Waals surface area (Å²) in [5.41, 5.74) is -0.163. The van der Waals surface area contributed by atoms with E-state index in [4.69, 9.17) is 9.47 Å². The number of hydrogen-bond donors (Lipinski definition) is 2. The molecule has 2 bridgehead atoms. The summed E-state index contributed by atoms with van der Waals surface area (Å²) in [4.78, 5) is 13.1. The Morgan fingerprint density at radius 3 is 2.61 bits per heavy atom. The molecule has 7 rings (SSSR count). The standard InChI is InChI=1S/C30H30F3N5O3/c1-37-12-17(31)7-18(37)15-41-30-35-28-24(29(36-30)38-19-10-34-11-20(38)14-40-13-19)9-25(32)26(27(28)33)23-8-21(39)6-16-4-2-3-5-22(16)23/h2-6,8-9,17-20,34,39H,7,10-15H2,1H3/t17-,18+,19-,20+/m1/s1. The minimum atomic E-state index is -0.943. The number of benzene rings is 3. The van der Waals surface area contributed by atoms with E-state index >= 15 is 8.78 Å². The molecule has 3 fully saturated rings. The number of halogens is 3. The van der Waals surface area contributed by atoms with E-state index in [9.17, 15) is 9.50 Å². The lowest BCUT2D eigenvalue weighted by Crippen LogP contribution is -2.64. The van der Waals surface area contributed by atoms with Crippen molar-refractivity contribution in [2.45, 2.75) is 30.7 Å². The number of ether oxygens (including phenoxy) is 2. The van der Waals surface area contributed by atoms with Gasteiger partial charge in [-0.05, 0) is 48.0 Å². The van der Waals surface area contributed by atoms with E-state index in [0.717, 1.165) is 0 Å². The minimum absolute atomic E-state index is 0.0574. The Kier molecular flexibility index (Phi) is 6.60. The van der Waals surface area contributed by atoms with Crippen LogP contribution in [0.25, 0.3) is 32.8 Å². The van der Waals surface area contributed by atoms with Crippen molar-refractivity contribution in [2.75, 3.05) is 51.4 Å². The highest BCUT2D eigenvalue weighted by atomic mass is 19.1. The first kappa shape index (κ1) is 26.2. The van der Waals surface area contributed by atoms with E-state index in [0.29, 0.717) is 55.9 Å². The zero-order valence-electron chi connectivity index (χ0n) is 22.5. The predicted octanol–water partition coefficient (Wildman–Crippen LogP) is 4.03. The van der Waals surface area contributed by atoms with Gasteiger partial charge in [0.25, 0.3) is 0 Å². The van der Waals surface area contributed by atoms with Gasteiger partial charge in [0.15, 0.2) is 5.82 Å². The number of aromatic hydroxyl groups is 1. The van der Waals surface area contributed by atoms with Gasteiger partial charge in [-0.25, -0.2) is 13.2 Å². The Bertz CT molecular complexity index is 1620. The fourth-order valence-electron chi connectivity index (χ4n) is 6.42. The van der Waals surface area contributed by atoms with Gasteiger partial charge in [0, 0.05) is 31.1 Å². The van der Waals surface area contributed by atoms with Crippen LogP contribution in [0, 0.1) is 11.6 Å². The largest absolute Gasteiger partial charge is 0.508 e. The SMILES string of the molecule is CN1C[C@H](F)C[C@H]1COc1nc(N2[C@@H]3CNC[C@H]2COC3)c2cc(F)c(-c3cc(O)cc4ccccc34)c(F)c2n1. The summed E-state index contributed by atoms with van der Waals surface area (Å²) < 4.78 is 58.3. The molecule has 4 aromatic rings. The summed E-state index contributed by atoms with van der Waals surface area (Å²) in [6, 6.07) is 10.9. The molecule has 41 heavy (non-hydrogen) atoms. The van der Waals surface area contributed by atoms with Crippen molar-refractivity contribution >= 4 is 27.5 Å². The summed E-state index contributed by atoms with van der Waals surface area (Å²) >= 11 is 0. The fraction of sp³-hybridized carbons (Fsp3) is 0.400. The first-order chi connectivity index (χ1) is 19.9. The number of alkyl halides is 1. The Morgan fingerprint density at radius 1 is 1.07 bits per heavy atom. The number of morpholine rings is 1. The molecular formula is C30H30F3N5O3. The Morgan fingerprint density at radius 2 is 1.85 bits per heavy atom. The number of nitrogens with zero attached hydrogens (tertiary/aromatic N) is 4. The normalized spacial score (nSPS) is 24.8. The van der Waals surface area contributed by atoms with E-state index in [1.165, 1.54) is 12.1 Å². The molecule has 0 spiro atoms. The van der Waals surface area contributed by atoms with Crippen LogP contribution in [0.3, 0.4) is 0 Å². The highest BCUT2D eigenvalue weighted by Gasteiger charge is 2.38. The molecular weight excluding hydrogens is 535 g/mol. The minimum Gasteiger partial charge on any atom is -0.508 e. The molecule has 0 amide bonds. The van der Waals surface area contributed by atoms with Crippen LogP contribution in [-0.2, 0) is 4.74 Å². The average molecular weight is 566 g/mol. The van der Waals surface area contributed by atoms with Gasteiger partial charge in [-0.3, -0.25) is 4.90 Å². The molecule has 3 saturated heterocycles. The maximum absolute atomic E-state index is 16.6. The molecule has 0 saturated carbocycles. The zero-order valence-corrected chi connectivity index (χ0v) is 22.5. The molecule has 4 heterocycles. The molecule has 11 heteroatoms. The first-order valence-corrected chi connectivity index (χ1v) is 13.8. The molecule has 4 atom stereocenters. The smallest absolute Gasteiger partial charge is 0.319 e. The Hall–Kier alpha value is -3.67. The maximum atomic E-state index is 16.6. The quantitative estimate of drug-likeness (QED) is 0.376.